The highest BCUT2D eigenvalue weighted by Gasteiger charge is 2.45. The SMILES string of the molecule is CCC(C(=O)Nc1cccc(Br)c1)N1C(=O)NC2CCCCC2C1=O. The second-order valence-electron chi connectivity index (χ2n) is 6.58. The van der Waals surface area contributed by atoms with Crippen LogP contribution in [0.4, 0.5) is 10.5 Å². The monoisotopic (exact) mass is 407 g/mol. The molecule has 1 saturated heterocycles. The minimum absolute atomic E-state index is 0.0874. The third kappa shape index (κ3) is 3.71. The molecule has 1 aromatic carbocycles. The van der Waals surface area contributed by atoms with Gasteiger partial charge in [-0.3, -0.25) is 14.5 Å². The first kappa shape index (κ1) is 17.9. The topological polar surface area (TPSA) is 78.5 Å². The van der Waals surface area contributed by atoms with Gasteiger partial charge in [0.2, 0.25) is 11.8 Å². The molecule has 0 spiro atoms. The highest BCUT2D eigenvalue weighted by atomic mass is 79.9. The van der Waals surface area contributed by atoms with Gasteiger partial charge in [-0.25, -0.2) is 4.79 Å². The number of fused-ring (bicyclic) bond motifs is 1. The van der Waals surface area contributed by atoms with Crippen LogP contribution in [0.3, 0.4) is 0 Å². The number of benzene rings is 1. The first-order valence-electron chi connectivity index (χ1n) is 8.71. The van der Waals surface area contributed by atoms with E-state index in [0.29, 0.717) is 12.1 Å². The van der Waals surface area contributed by atoms with Gasteiger partial charge < -0.3 is 10.6 Å². The molecule has 1 saturated carbocycles. The van der Waals surface area contributed by atoms with E-state index in [1.54, 1.807) is 19.1 Å². The van der Waals surface area contributed by atoms with Crippen LogP contribution in [0.2, 0.25) is 0 Å². The molecule has 7 heteroatoms. The summed E-state index contributed by atoms with van der Waals surface area (Å²) in [5.74, 6) is -0.776. The Balaban J connectivity index is 1.78. The number of anilines is 1. The quantitative estimate of drug-likeness (QED) is 0.803. The molecule has 3 atom stereocenters. The van der Waals surface area contributed by atoms with Crippen LogP contribution in [0.25, 0.3) is 0 Å². The lowest BCUT2D eigenvalue weighted by molar-refractivity contribution is -0.142. The molecule has 1 heterocycles. The molecule has 2 fully saturated rings. The van der Waals surface area contributed by atoms with Crippen molar-refractivity contribution in [2.24, 2.45) is 5.92 Å². The largest absolute Gasteiger partial charge is 0.334 e. The molecule has 3 rings (SSSR count). The summed E-state index contributed by atoms with van der Waals surface area (Å²) in [5, 5.41) is 5.72. The fraction of sp³-hybridized carbons (Fsp3) is 0.500. The van der Waals surface area contributed by atoms with E-state index in [2.05, 4.69) is 26.6 Å². The van der Waals surface area contributed by atoms with Gasteiger partial charge in [-0.1, -0.05) is 41.8 Å². The average Bonchev–Trinajstić information content (AvgIpc) is 2.58. The van der Waals surface area contributed by atoms with E-state index >= 15 is 0 Å². The molecule has 134 valence electrons. The highest BCUT2D eigenvalue weighted by molar-refractivity contribution is 9.10. The van der Waals surface area contributed by atoms with Crippen molar-refractivity contribution in [3.8, 4) is 0 Å². The summed E-state index contributed by atoms with van der Waals surface area (Å²) in [6.07, 6.45) is 3.98. The zero-order valence-electron chi connectivity index (χ0n) is 14.1. The van der Waals surface area contributed by atoms with Crippen LogP contribution in [0.1, 0.15) is 39.0 Å². The Morgan fingerprint density at radius 3 is 2.84 bits per heavy atom. The smallest absolute Gasteiger partial charge is 0.325 e. The van der Waals surface area contributed by atoms with Gasteiger partial charge in [0.25, 0.3) is 0 Å². The van der Waals surface area contributed by atoms with Gasteiger partial charge in [-0.05, 0) is 37.5 Å². The average molecular weight is 408 g/mol. The van der Waals surface area contributed by atoms with Crippen LogP contribution in [0.5, 0.6) is 0 Å². The number of carbonyl (C=O) groups is 3. The van der Waals surface area contributed by atoms with Crippen molar-refractivity contribution in [3.05, 3.63) is 28.7 Å². The normalized spacial score (nSPS) is 24.3. The molecular formula is C18H22BrN3O3. The lowest BCUT2D eigenvalue weighted by atomic mass is 9.82. The molecule has 1 aliphatic carbocycles. The van der Waals surface area contributed by atoms with E-state index in [1.165, 1.54) is 0 Å². The number of nitrogens with zero attached hydrogens (tertiary/aromatic N) is 1. The lowest BCUT2D eigenvalue weighted by Gasteiger charge is -2.42. The zero-order valence-corrected chi connectivity index (χ0v) is 15.7. The Bertz CT molecular complexity index is 694. The van der Waals surface area contributed by atoms with Gasteiger partial charge >= 0.3 is 6.03 Å². The maximum absolute atomic E-state index is 12.9. The molecule has 1 aliphatic heterocycles. The number of amides is 4. The third-order valence-electron chi connectivity index (χ3n) is 4.94. The number of imide groups is 1. The Labute approximate surface area is 155 Å². The molecule has 2 aliphatic rings. The number of carbonyl (C=O) groups excluding carboxylic acids is 3. The van der Waals surface area contributed by atoms with Crippen LogP contribution >= 0.6 is 15.9 Å². The molecular weight excluding hydrogens is 386 g/mol. The van der Waals surface area contributed by atoms with Crippen molar-refractivity contribution in [1.29, 1.82) is 0 Å². The number of hydrogen-bond donors (Lipinski definition) is 2. The van der Waals surface area contributed by atoms with Gasteiger partial charge in [0, 0.05) is 16.2 Å². The van der Waals surface area contributed by atoms with E-state index in [1.807, 2.05) is 12.1 Å². The molecule has 1 aromatic rings. The fourth-order valence-corrected chi connectivity index (χ4v) is 4.08. The van der Waals surface area contributed by atoms with Crippen molar-refractivity contribution >= 4 is 39.5 Å². The van der Waals surface area contributed by atoms with E-state index < -0.39 is 12.1 Å². The van der Waals surface area contributed by atoms with Crippen LogP contribution in [0.15, 0.2) is 28.7 Å². The van der Waals surface area contributed by atoms with Crippen molar-refractivity contribution in [2.45, 2.75) is 51.1 Å². The number of halogens is 1. The Hall–Kier alpha value is -1.89. The molecule has 25 heavy (non-hydrogen) atoms. The van der Waals surface area contributed by atoms with Crippen molar-refractivity contribution in [1.82, 2.24) is 10.2 Å². The summed E-state index contributed by atoms with van der Waals surface area (Å²) < 4.78 is 0.843. The van der Waals surface area contributed by atoms with Gasteiger partial charge in [-0.15, -0.1) is 0 Å². The fourth-order valence-electron chi connectivity index (χ4n) is 3.68. The summed E-state index contributed by atoms with van der Waals surface area (Å²) >= 11 is 3.36. The molecule has 3 unspecified atom stereocenters. The summed E-state index contributed by atoms with van der Waals surface area (Å²) in [5.41, 5.74) is 0.623. The Kier molecular flexibility index (Phi) is 5.42. The molecule has 2 N–H and O–H groups in total. The number of rotatable bonds is 4. The molecule has 4 amide bonds. The first-order chi connectivity index (χ1) is 12.0. The van der Waals surface area contributed by atoms with Crippen molar-refractivity contribution in [2.75, 3.05) is 5.32 Å². The van der Waals surface area contributed by atoms with Gasteiger partial charge in [0.15, 0.2) is 0 Å². The van der Waals surface area contributed by atoms with E-state index in [9.17, 15) is 14.4 Å². The van der Waals surface area contributed by atoms with Crippen molar-refractivity contribution in [3.63, 3.8) is 0 Å². The standard InChI is InChI=1S/C18H22BrN3O3/c1-2-15(16(23)20-12-7-5-6-11(19)10-12)22-17(24)13-8-3-4-9-14(13)21-18(22)25/h5-7,10,13-15H,2-4,8-9H2,1H3,(H,20,23)(H,21,25). The summed E-state index contributed by atoms with van der Waals surface area (Å²) in [4.78, 5) is 39.2. The van der Waals surface area contributed by atoms with Gasteiger partial charge in [0.05, 0.1) is 5.92 Å². The molecule has 0 radical (unpaired) electrons. The third-order valence-corrected chi connectivity index (χ3v) is 5.43. The summed E-state index contributed by atoms with van der Waals surface area (Å²) in [7, 11) is 0. The molecule has 0 bridgehead atoms. The minimum Gasteiger partial charge on any atom is -0.334 e. The van der Waals surface area contributed by atoms with E-state index in [-0.39, 0.29) is 23.8 Å². The number of hydrogen-bond acceptors (Lipinski definition) is 3. The predicted octanol–water partition coefficient (Wildman–Crippen LogP) is 3.28. The molecule has 0 aromatic heterocycles. The second kappa shape index (κ2) is 7.56. The highest BCUT2D eigenvalue weighted by Crippen LogP contribution is 2.30. The first-order valence-corrected chi connectivity index (χ1v) is 9.50. The number of nitrogens with one attached hydrogen (secondary N) is 2. The Morgan fingerprint density at radius 2 is 2.12 bits per heavy atom. The van der Waals surface area contributed by atoms with Crippen LogP contribution in [-0.2, 0) is 9.59 Å². The molecule has 6 nitrogen and oxygen atoms in total. The predicted molar refractivity (Wildman–Crippen MR) is 98.0 cm³/mol. The van der Waals surface area contributed by atoms with Crippen molar-refractivity contribution < 1.29 is 14.4 Å². The van der Waals surface area contributed by atoms with E-state index in [0.717, 1.165) is 35.1 Å². The van der Waals surface area contributed by atoms with Crippen LogP contribution < -0.4 is 10.6 Å². The summed E-state index contributed by atoms with van der Waals surface area (Å²) in [6, 6.07) is 5.86. The maximum Gasteiger partial charge on any atom is 0.325 e. The summed E-state index contributed by atoms with van der Waals surface area (Å²) in [6.45, 7) is 1.80. The van der Waals surface area contributed by atoms with Gasteiger partial charge in [0.1, 0.15) is 6.04 Å². The Morgan fingerprint density at radius 1 is 1.36 bits per heavy atom. The lowest BCUT2D eigenvalue weighted by Crippen LogP contribution is -2.64. The van der Waals surface area contributed by atoms with Gasteiger partial charge in [-0.2, -0.15) is 0 Å². The van der Waals surface area contributed by atoms with Crippen LogP contribution in [0, 0.1) is 5.92 Å². The minimum atomic E-state index is -0.811. The van der Waals surface area contributed by atoms with Crippen LogP contribution in [-0.4, -0.2) is 34.8 Å². The number of urea groups is 1. The second-order valence-corrected chi connectivity index (χ2v) is 7.49. The maximum atomic E-state index is 12.9. The van der Waals surface area contributed by atoms with E-state index in [4.69, 9.17) is 0 Å². The zero-order chi connectivity index (χ0) is 18.0.